The maximum absolute atomic E-state index is 14.8. The number of piperazine rings is 1. The van der Waals surface area contributed by atoms with E-state index in [9.17, 15) is 14.0 Å². The molecule has 12 heteroatoms. The number of rotatable bonds is 4. The number of anilines is 2. The second kappa shape index (κ2) is 9.99. The van der Waals surface area contributed by atoms with Crippen molar-refractivity contribution in [2.45, 2.75) is 58.7 Å². The molecule has 38 heavy (non-hydrogen) atoms. The van der Waals surface area contributed by atoms with Crippen molar-refractivity contribution < 1.29 is 18.7 Å². The summed E-state index contributed by atoms with van der Waals surface area (Å²) in [6.45, 7) is 9.83. The molecule has 0 unspecified atom stereocenters. The van der Waals surface area contributed by atoms with E-state index < -0.39 is 17.5 Å². The molecule has 0 radical (unpaired) electrons. The normalized spacial score (nSPS) is 17.3. The zero-order valence-electron chi connectivity index (χ0n) is 21.9. The van der Waals surface area contributed by atoms with E-state index in [4.69, 9.17) is 4.74 Å². The van der Waals surface area contributed by atoms with Gasteiger partial charge < -0.3 is 19.9 Å². The van der Waals surface area contributed by atoms with Crippen LogP contribution in [0.4, 0.5) is 20.8 Å². The Hall–Kier alpha value is -4.09. The van der Waals surface area contributed by atoms with Crippen LogP contribution < -0.4 is 10.2 Å². The van der Waals surface area contributed by atoms with Crippen molar-refractivity contribution in [3.8, 4) is 11.3 Å². The third-order valence-electron chi connectivity index (χ3n) is 6.53. The van der Waals surface area contributed by atoms with E-state index in [1.165, 1.54) is 18.5 Å². The highest BCUT2D eigenvalue weighted by Crippen LogP contribution is 2.28. The second-order valence-electron chi connectivity index (χ2n) is 10.6. The molecule has 11 nitrogen and oxygen atoms in total. The fourth-order valence-corrected chi connectivity index (χ4v) is 4.71. The van der Waals surface area contributed by atoms with Crippen LogP contribution in [0.5, 0.6) is 0 Å². The molecule has 1 fully saturated rings. The Morgan fingerprint density at radius 3 is 2.55 bits per heavy atom. The van der Waals surface area contributed by atoms with Crippen molar-refractivity contribution in [1.29, 1.82) is 0 Å². The standard InChI is InChI=1S/C26H31FN8O3/c1-16-15-33(25(37)38-26(2,3)4)10-11-34(16)24-28-12-17(13-29-24)31-23(36)18-7-8-20(32-22(18)27)19-14-30-35-9-5-6-21(19)35/h7-8,12-14,16H,5-6,9-11,15H2,1-4H3,(H,31,36)/t16-/m0/s1. The van der Waals surface area contributed by atoms with Crippen molar-refractivity contribution in [3.63, 3.8) is 0 Å². The Morgan fingerprint density at radius 2 is 1.87 bits per heavy atom. The number of nitrogens with zero attached hydrogens (tertiary/aromatic N) is 7. The molecule has 0 aliphatic carbocycles. The molecular weight excluding hydrogens is 491 g/mol. The van der Waals surface area contributed by atoms with Crippen molar-refractivity contribution in [1.82, 2.24) is 29.6 Å². The van der Waals surface area contributed by atoms with Gasteiger partial charge in [-0.25, -0.2) is 19.7 Å². The highest BCUT2D eigenvalue weighted by molar-refractivity contribution is 6.04. The van der Waals surface area contributed by atoms with E-state index in [2.05, 4.69) is 25.4 Å². The number of hydrogen-bond donors (Lipinski definition) is 1. The number of halogens is 1. The van der Waals surface area contributed by atoms with Gasteiger partial charge in [-0.15, -0.1) is 0 Å². The fourth-order valence-electron chi connectivity index (χ4n) is 4.71. The van der Waals surface area contributed by atoms with Gasteiger partial charge in [0, 0.05) is 43.5 Å². The predicted molar refractivity (Wildman–Crippen MR) is 138 cm³/mol. The molecule has 1 atom stereocenters. The van der Waals surface area contributed by atoms with E-state index >= 15 is 0 Å². The number of pyridine rings is 1. The number of ether oxygens (including phenoxy) is 1. The lowest BCUT2D eigenvalue weighted by atomic mass is 10.1. The summed E-state index contributed by atoms with van der Waals surface area (Å²) in [6.07, 6.45) is 6.17. The molecule has 5 heterocycles. The van der Waals surface area contributed by atoms with Crippen molar-refractivity contribution in [2.75, 3.05) is 29.9 Å². The lowest BCUT2D eigenvalue weighted by Gasteiger charge is -2.40. The number of amides is 2. The molecule has 0 aromatic carbocycles. The summed E-state index contributed by atoms with van der Waals surface area (Å²) in [5, 5.41) is 6.95. The minimum Gasteiger partial charge on any atom is -0.444 e. The van der Waals surface area contributed by atoms with Crippen molar-refractivity contribution in [3.05, 3.63) is 47.9 Å². The van der Waals surface area contributed by atoms with Gasteiger partial charge in [-0.1, -0.05) is 0 Å². The van der Waals surface area contributed by atoms with Crippen molar-refractivity contribution in [2.24, 2.45) is 0 Å². The highest BCUT2D eigenvalue weighted by atomic mass is 19.1. The summed E-state index contributed by atoms with van der Waals surface area (Å²) >= 11 is 0. The number of aryl methyl sites for hydroxylation is 1. The number of nitrogens with one attached hydrogen (secondary N) is 1. The molecular formula is C26H31FN8O3. The fraction of sp³-hybridized carbons (Fsp3) is 0.462. The Morgan fingerprint density at radius 1 is 1.11 bits per heavy atom. The second-order valence-corrected chi connectivity index (χ2v) is 10.6. The molecule has 3 aromatic heterocycles. The molecule has 0 saturated carbocycles. The number of aromatic nitrogens is 5. The zero-order chi connectivity index (χ0) is 27.0. The highest BCUT2D eigenvalue weighted by Gasteiger charge is 2.31. The van der Waals surface area contributed by atoms with Crippen LogP contribution >= 0.6 is 0 Å². The van der Waals surface area contributed by atoms with Gasteiger partial charge in [0.15, 0.2) is 0 Å². The monoisotopic (exact) mass is 522 g/mol. The van der Waals surface area contributed by atoms with Crippen LogP contribution in [0.25, 0.3) is 11.3 Å². The average Bonchev–Trinajstić information content (AvgIpc) is 3.48. The number of hydrogen-bond acceptors (Lipinski definition) is 8. The summed E-state index contributed by atoms with van der Waals surface area (Å²) < 4.78 is 22.2. The maximum atomic E-state index is 14.8. The van der Waals surface area contributed by atoms with Crippen LogP contribution in [0.1, 0.15) is 50.2 Å². The lowest BCUT2D eigenvalue weighted by molar-refractivity contribution is 0.0218. The topological polar surface area (TPSA) is 118 Å². The van der Waals surface area contributed by atoms with Crippen LogP contribution in [-0.4, -0.2) is 72.9 Å². The first-order chi connectivity index (χ1) is 18.1. The molecule has 0 bridgehead atoms. The summed E-state index contributed by atoms with van der Waals surface area (Å²) in [7, 11) is 0. The molecule has 0 spiro atoms. The van der Waals surface area contributed by atoms with Crippen LogP contribution in [0, 0.1) is 5.95 Å². The third-order valence-corrected chi connectivity index (χ3v) is 6.53. The summed E-state index contributed by atoms with van der Waals surface area (Å²) in [5.41, 5.74) is 1.88. The minimum atomic E-state index is -0.854. The molecule has 5 rings (SSSR count). The van der Waals surface area contributed by atoms with Crippen LogP contribution in [0.15, 0.2) is 30.7 Å². The minimum absolute atomic E-state index is 0.0346. The molecule has 1 saturated heterocycles. The van der Waals surface area contributed by atoms with Gasteiger partial charge in [0.25, 0.3) is 5.91 Å². The third kappa shape index (κ3) is 5.29. The SMILES string of the molecule is C[C@H]1CN(C(=O)OC(C)(C)C)CCN1c1ncc(NC(=O)c2ccc(-c3cnn4c3CCC4)nc2F)cn1. The number of fused-ring (bicyclic) bond motifs is 1. The van der Waals surface area contributed by atoms with E-state index in [1.807, 2.05) is 37.3 Å². The zero-order valence-corrected chi connectivity index (χ0v) is 21.9. The Bertz CT molecular complexity index is 1350. The largest absolute Gasteiger partial charge is 0.444 e. The average molecular weight is 523 g/mol. The Kier molecular flexibility index (Phi) is 6.72. The van der Waals surface area contributed by atoms with Gasteiger partial charge in [-0.05, 0) is 52.7 Å². The predicted octanol–water partition coefficient (Wildman–Crippen LogP) is 3.52. The van der Waals surface area contributed by atoms with Crippen molar-refractivity contribution >= 4 is 23.6 Å². The first-order valence-electron chi connectivity index (χ1n) is 12.7. The van der Waals surface area contributed by atoms with Gasteiger partial charge in [0.05, 0.1) is 35.5 Å². The van der Waals surface area contributed by atoms with Gasteiger partial charge in [-0.2, -0.15) is 9.49 Å². The summed E-state index contributed by atoms with van der Waals surface area (Å²) in [6, 6.07) is 3.02. The van der Waals surface area contributed by atoms with Gasteiger partial charge in [-0.3, -0.25) is 9.48 Å². The summed E-state index contributed by atoms with van der Waals surface area (Å²) in [4.78, 5) is 41.6. The maximum Gasteiger partial charge on any atom is 0.410 e. The quantitative estimate of drug-likeness (QED) is 0.517. The van der Waals surface area contributed by atoms with Gasteiger partial charge in [0.1, 0.15) is 5.60 Å². The molecule has 200 valence electrons. The van der Waals surface area contributed by atoms with E-state index in [0.717, 1.165) is 30.6 Å². The van der Waals surface area contributed by atoms with Crippen LogP contribution in [0.3, 0.4) is 0 Å². The first kappa shape index (κ1) is 25.6. The van der Waals surface area contributed by atoms with E-state index in [0.29, 0.717) is 37.0 Å². The summed E-state index contributed by atoms with van der Waals surface area (Å²) in [5.74, 6) is -1.02. The number of carbonyl (C=O) groups is 2. The lowest BCUT2D eigenvalue weighted by Crippen LogP contribution is -2.55. The van der Waals surface area contributed by atoms with Crippen LogP contribution in [-0.2, 0) is 17.7 Å². The molecule has 2 aliphatic rings. The molecule has 2 aliphatic heterocycles. The van der Waals surface area contributed by atoms with Crippen LogP contribution in [0.2, 0.25) is 0 Å². The number of carbonyl (C=O) groups excluding carboxylic acids is 2. The first-order valence-corrected chi connectivity index (χ1v) is 12.7. The Balaban J connectivity index is 1.21. The smallest absolute Gasteiger partial charge is 0.410 e. The van der Waals surface area contributed by atoms with E-state index in [1.54, 1.807) is 17.2 Å². The molecule has 3 aromatic rings. The Labute approximate surface area is 220 Å². The molecule has 2 amide bonds. The van der Waals surface area contributed by atoms with Gasteiger partial charge in [0.2, 0.25) is 11.9 Å². The molecule has 1 N–H and O–H groups in total. The van der Waals surface area contributed by atoms with Gasteiger partial charge >= 0.3 is 6.09 Å². The van der Waals surface area contributed by atoms with E-state index in [-0.39, 0.29) is 17.7 Å².